The second kappa shape index (κ2) is 4.20. The molecule has 1 heterocycles. The monoisotopic (exact) mass is 179 g/mol. The van der Waals surface area contributed by atoms with E-state index < -0.39 is 0 Å². The Balaban J connectivity index is 2.86. The Morgan fingerprint density at radius 3 is 3.15 bits per heavy atom. The molecule has 0 bridgehead atoms. The van der Waals surface area contributed by atoms with Crippen molar-refractivity contribution in [3.8, 4) is 5.75 Å². The quantitative estimate of drug-likeness (QED) is 0.690. The molecule has 0 radical (unpaired) electrons. The highest BCUT2D eigenvalue weighted by molar-refractivity contribution is 5.98. The number of nitrogens with one attached hydrogen (secondary N) is 1. The zero-order valence-electron chi connectivity index (χ0n) is 7.15. The number of aromatic nitrogens is 2. The first-order valence-electron chi connectivity index (χ1n) is 3.55. The molecule has 1 amide bonds. The molecule has 1 rings (SSSR count). The molecule has 1 aromatic rings. The molecule has 0 aliphatic carbocycles. The molecule has 13 heavy (non-hydrogen) atoms. The number of anilines is 1. The molecule has 0 spiro atoms. The Bertz CT molecular complexity index is 325. The molecule has 5 heteroatoms. The first-order valence-corrected chi connectivity index (χ1v) is 3.55. The zero-order chi connectivity index (χ0) is 9.68. The number of hydrogen-bond donors (Lipinski definition) is 1. The number of methoxy groups -OCH3 is 1. The van der Waals surface area contributed by atoms with Crippen LogP contribution in [0.5, 0.6) is 5.75 Å². The van der Waals surface area contributed by atoms with Gasteiger partial charge in [0.15, 0.2) is 11.6 Å². The third-order valence-corrected chi connectivity index (χ3v) is 1.33. The van der Waals surface area contributed by atoms with Gasteiger partial charge in [0.1, 0.15) is 6.33 Å². The van der Waals surface area contributed by atoms with Crippen molar-refractivity contribution in [2.24, 2.45) is 0 Å². The lowest BCUT2D eigenvalue weighted by molar-refractivity contribution is -0.111. The number of hydrogen-bond acceptors (Lipinski definition) is 4. The predicted molar refractivity (Wildman–Crippen MR) is 47.4 cm³/mol. The summed E-state index contributed by atoms with van der Waals surface area (Å²) in [6, 6.07) is 0. The maximum Gasteiger partial charge on any atom is 0.249 e. The van der Waals surface area contributed by atoms with E-state index in [9.17, 15) is 4.79 Å². The minimum Gasteiger partial charge on any atom is -0.491 e. The summed E-state index contributed by atoms with van der Waals surface area (Å²) < 4.78 is 4.92. The van der Waals surface area contributed by atoms with Gasteiger partial charge >= 0.3 is 0 Å². The van der Waals surface area contributed by atoms with Crippen LogP contribution in [-0.4, -0.2) is 23.0 Å². The van der Waals surface area contributed by atoms with Crippen molar-refractivity contribution in [2.75, 3.05) is 12.4 Å². The standard InChI is InChI=1S/C8H9N3O2/c1-3-7(12)11-8-6(13-2)4-9-5-10-8/h3-5H,1H2,2H3,(H,9,10,11,12). The lowest BCUT2D eigenvalue weighted by Crippen LogP contribution is -2.10. The molecule has 1 N–H and O–H groups in total. The van der Waals surface area contributed by atoms with Crippen LogP contribution < -0.4 is 10.1 Å². The van der Waals surface area contributed by atoms with Gasteiger partial charge in [-0.25, -0.2) is 9.97 Å². The molecule has 5 nitrogen and oxygen atoms in total. The lowest BCUT2D eigenvalue weighted by atomic mass is 10.5. The number of amides is 1. The average molecular weight is 179 g/mol. The average Bonchev–Trinajstić information content (AvgIpc) is 2.18. The molecule has 68 valence electrons. The van der Waals surface area contributed by atoms with Crippen LogP contribution in [0.25, 0.3) is 0 Å². The van der Waals surface area contributed by atoms with E-state index in [1.54, 1.807) is 0 Å². The first-order chi connectivity index (χ1) is 6.27. The Labute approximate surface area is 75.5 Å². The molecule has 0 saturated heterocycles. The molecule has 0 saturated carbocycles. The largest absolute Gasteiger partial charge is 0.491 e. The summed E-state index contributed by atoms with van der Waals surface area (Å²) in [4.78, 5) is 18.5. The molecule has 0 aliphatic rings. The summed E-state index contributed by atoms with van der Waals surface area (Å²) in [6.07, 6.45) is 3.94. The summed E-state index contributed by atoms with van der Waals surface area (Å²) in [6.45, 7) is 3.32. The summed E-state index contributed by atoms with van der Waals surface area (Å²) in [5.74, 6) is 0.414. The summed E-state index contributed by atoms with van der Waals surface area (Å²) >= 11 is 0. The van der Waals surface area contributed by atoms with Crippen molar-refractivity contribution < 1.29 is 9.53 Å². The van der Waals surface area contributed by atoms with Crippen LogP contribution in [0.15, 0.2) is 25.2 Å². The van der Waals surface area contributed by atoms with E-state index in [0.29, 0.717) is 11.6 Å². The van der Waals surface area contributed by atoms with Gasteiger partial charge in [0, 0.05) is 0 Å². The second-order valence-corrected chi connectivity index (χ2v) is 2.13. The number of nitrogens with zero attached hydrogens (tertiary/aromatic N) is 2. The minimum atomic E-state index is -0.336. The molecular weight excluding hydrogens is 170 g/mol. The van der Waals surface area contributed by atoms with Gasteiger partial charge in [-0.15, -0.1) is 0 Å². The first kappa shape index (κ1) is 9.18. The fourth-order valence-electron chi connectivity index (χ4n) is 0.728. The zero-order valence-corrected chi connectivity index (χ0v) is 7.15. The Hall–Kier alpha value is -1.91. The molecule has 1 aromatic heterocycles. The van der Waals surface area contributed by atoms with E-state index in [1.807, 2.05) is 0 Å². The van der Waals surface area contributed by atoms with Gasteiger partial charge < -0.3 is 10.1 Å². The number of ether oxygens (including phenoxy) is 1. The van der Waals surface area contributed by atoms with Crippen LogP contribution >= 0.6 is 0 Å². The number of carbonyl (C=O) groups is 1. The van der Waals surface area contributed by atoms with Gasteiger partial charge in [-0.05, 0) is 6.08 Å². The minimum absolute atomic E-state index is 0.336. The smallest absolute Gasteiger partial charge is 0.249 e. The van der Waals surface area contributed by atoms with Crippen molar-refractivity contribution in [3.63, 3.8) is 0 Å². The van der Waals surface area contributed by atoms with Crippen LogP contribution in [0.2, 0.25) is 0 Å². The van der Waals surface area contributed by atoms with Crippen LogP contribution in [0.4, 0.5) is 5.82 Å². The van der Waals surface area contributed by atoms with Gasteiger partial charge in [-0.2, -0.15) is 0 Å². The van der Waals surface area contributed by atoms with E-state index in [0.717, 1.165) is 6.08 Å². The third-order valence-electron chi connectivity index (χ3n) is 1.33. The van der Waals surface area contributed by atoms with Crippen LogP contribution in [0.3, 0.4) is 0 Å². The van der Waals surface area contributed by atoms with Gasteiger partial charge in [0.2, 0.25) is 5.91 Å². The molecule has 0 aromatic carbocycles. The fourth-order valence-corrected chi connectivity index (χ4v) is 0.728. The second-order valence-electron chi connectivity index (χ2n) is 2.13. The highest BCUT2D eigenvalue weighted by Crippen LogP contribution is 2.18. The normalized spacial score (nSPS) is 9.00. The van der Waals surface area contributed by atoms with Gasteiger partial charge in [-0.1, -0.05) is 6.58 Å². The SMILES string of the molecule is C=CC(=O)Nc1ncncc1OC. The van der Waals surface area contributed by atoms with Crippen molar-refractivity contribution in [1.82, 2.24) is 9.97 Å². The Morgan fingerprint density at radius 1 is 1.77 bits per heavy atom. The molecule has 0 atom stereocenters. The topological polar surface area (TPSA) is 64.1 Å². The van der Waals surface area contributed by atoms with Crippen LogP contribution in [-0.2, 0) is 4.79 Å². The van der Waals surface area contributed by atoms with Crippen molar-refractivity contribution in [2.45, 2.75) is 0 Å². The molecular formula is C8H9N3O2. The van der Waals surface area contributed by atoms with Crippen LogP contribution in [0.1, 0.15) is 0 Å². The number of rotatable bonds is 3. The fraction of sp³-hybridized carbons (Fsp3) is 0.125. The van der Waals surface area contributed by atoms with Crippen molar-refractivity contribution in [1.29, 1.82) is 0 Å². The molecule has 0 fully saturated rings. The highest BCUT2D eigenvalue weighted by atomic mass is 16.5. The van der Waals surface area contributed by atoms with Gasteiger partial charge in [0.05, 0.1) is 13.3 Å². The van der Waals surface area contributed by atoms with E-state index in [1.165, 1.54) is 19.6 Å². The molecule has 0 unspecified atom stereocenters. The summed E-state index contributed by atoms with van der Waals surface area (Å²) in [5.41, 5.74) is 0. The van der Waals surface area contributed by atoms with E-state index >= 15 is 0 Å². The number of carbonyl (C=O) groups excluding carboxylic acids is 1. The summed E-state index contributed by atoms with van der Waals surface area (Å²) in [7, 11) is 1.47. The van der Waals surface area contributed by atoms with E-state index in [4.69, 9.17) is 4.74 Å². The maximum atomic E-state index is 10.9. The highest BCUT2D eigenvalue weighted by Gasteiger charge is 2.04. The third kappa shape index (κ3) is 2.26. The van der Waals surface area contributed by atoms with Crippen LogP contribution in [0, 0.1) is 0 Å². The lowest BCUT2D eigenvalue weighted by Gasteiger charge is -2.05. The van der Waals surface area contributed by atoms with Gasteiger partial charge in [0.25, 0.3) is 0 Å². The molecule has 0 aliphatic heterocycles. The predicted octanol–water partition coefficient (Wildman–Crippen LogP) is 0.610. The van der Waals surface area contributed by atoms with E-state index in [2.05, 4.69) is 21.9 Å². The van der Waals surface area contributed by atoms with Gasteiger partial charge in [-0.3, -0.25) is 4.79 Å². The Morgan fingerprint density at radius 2 is 2.54 bits per heavy atom. The van der Waals surface area contributed by atoms with Crippen molar-refractivity contribution in [3.05, 3.63) is 25.2 Å². The summed E-state index contributed by atoms with van der Waals surface area (Å²) in [5, 5.41) is 2.48. The van der Waals surface area contributed by atoms with E-state index in [-0.39, 0.29) is 5.91 Å². The Kier molecular flexibility index (Phi) is 2.97. The maximum absolute atomic E-state index is 10.9. The van der Waals surface area contributed by atoms with Crippen molar-refractivity contribution >= 4 is 11.7 Å².